The molecule has 0 aliphatic carbocycles. The van der Waals surface area contributed by atoms with Crippen molar-refractivity contribution < 1.29 is 4.74 Å². The third kappa shape index (κ3) is 6.47. The van der Waals surface area contributed by atoms with E-state index in [4.69, 9.17) is 15.7 Å². The third-order valence-corrected chi connectivity index (χ3v) is 3.39. The van der Waals surface area contributed by atoms with Gasteiger partial charge in [0, 0.05) is 0 Å². The standard InChI is InChI=1S/C17H26N2O/c1-2-3-4-5-6-7-8-9-12-20-17-11-10-15(14-18)13-16(17)19/h10-11,13H,2-9,12,19H2,1H3. The molecular weight excluding hydrogens is 248 g/mol. The lowest BCUT2D eigenvalue weighted by Crippen LogP contribution is -2.00. The number of hydrogen-bond donors (Lipinski definition) is 1. The zero-order chi connectivity index (χ0) is 14.6. The number of hydrogen-bond acceptors (Lipinski definition) is 3. The van der Waals surface area contributed by atoms with Crippen molar-refractivity contribution in [2.45, 2.75) is 58.3 Å². The molecule has 0 aromatic heterocycles. The minimum absolute atomic E-state index is 0.545. The van der Waals surface area contributed by atoms with Gasteiger partial charge < -0.3 is 10.5 Å². The Labute approximate surface area is 122 Å². The second-order valence-electron chi connectivity index (χ2n) is 5.19. The quantitative estimate of drug-likeness (QED) is 0.498. The number of unbranched alkanes of at least 4 members (excludes halogenated alkanes) is 7. The molecule has 20 heavy (non-hydrogen) atoms. The van der Waals surface area contributed by atoms with Crippen molar-refractivity contribution in [3.8, 4) is 11.8 Å². The lowest BCUT2D eigenvalue weighted by molar-refractivity contribution is 0.306. The molecule has 3 heteroatoms. The zero-order valence-corrected chi connectivity index (χ0v) is 12.5. The Morgan fingerprint density at radius 3 is 2.30 bits per heavy atom. The largest absolute Gasteiger partial charge is 0.491 e. The number of ether oxygens (including phenoxy) is 1. The Morgan fingerprint density at radius 2 is 1.70 bits per heavy atom. The van der Waals surface area contributed by atoms with E-state index in [-0.39, 0.29) is 0 Å². The fourth-order valence-electron chi connectivity index (χ4n) is 2.17. The summed E-state index contributed by atoms with van der Waals surface area (Å²) >= 11 is 0. The first kappa shape index (κ1) is 16.4. The molecule has 0 amide bonds. The van der Waals surface area contributed by atoms with Crippen molar-refractivity contribution in [2.75, 3.05) is 12.3 Å². The van der Waals surface area contributed by atoms with Gasteiger partial charge in [-0.25, -0.2) is 0 Å². The number of anilines is 1. The number of benzene rings is 1. The molecule has 0 radical (unpaired) electrons. The molecular formula is C17H26N2O. The summed E-state index contributed by atoms with van der Waals surface area (Å²) in [7, 11) is 0. The van der Waals surface area contributed by atoms with Crippen LogP contribution in [0, 0.1) is 11.3 Å². The molecule has 1 aromatic carbocycles. The minimum Gasteiger partial charge on any atom is -0.491 e. The van der Waals surface area contributed by atoms with Gasteiger partial charge in [-0.1, -0.05) is 51.9 Å². The van der Waals surface area contributed by atoms with Gasteiger partial charge in [0.2, 0.25) is 0 Å². The molecule has 0 aliphatic rings. The third-order valence-electron chi connectivity index (χ3n) is 3.39. The van der Waals surface area contributed by atoms with Gasteiger partial charge in [0.15, 0.2) is 0 Å². The van der Waals surface area contributed by atoms with Gasteiger partial charge in [-0.3, -0.25) is 0 Å². The topological polar surface area (TPSA) is 59.0 Å². The van der Waals surface area contributed by atoms with Crippen LogP contribution < -0.4 is 10.5 Å². The molecule has 0 bridgehead atoms. The van der Waals surface area contributed by atoms with E-state index in [9.17, 15) is 0 Å². The Morgan fingerprint density at radius 1 is 1.05 bits per heavy atom. The van der Waals surface area contributed by atoms with Gasteiger partial charge in [0.1, 0.15) is 5.75 Å². The number of nitrogens with zero attached hydrogens (tertiary/aromatic N) is 1. The van der Waals surface area contributed by atoms with E-state index in [0.29, 0.717) is 23.6 Å². The van der Waals surface area contributed by atoms with Gasteiger partial charge in [-0.05, 0) is 24.6 Å². The van der Waals surface area contributed by atoms with Gasteiger partial charge in [-0.15, -0.1) is 0 Å². The first-order valence-electron chi connectivity index (χ1n) is 7.70. The van der Waals surface area contributed by atoms with E-state index in [1.54, 1.807) is 18.2 Å². The summed E-state index contributed by atoms with van der Waals surface area (Å²) in [5.41, 5.74) is 6.95. The number of nitriles is 1. The van der Waals surface area contributed by atoms with E-state index < -0.39 is 0 Å². The summed E-state index contributed by atoms with van der Waals surface area (Å²) in [6.07, 6.45) is 10.3. The summed E-state index contributed by atoms with van der Waals surface area (Å²) < 4.78 is 5.65. The fourth-order valence-corrected chi connectivity index (χ4v) is 2.17. The van der Waals surface area contributed by atoms with Crippen molar-refractivity contribution in [1.29, 1.82) is 5.26 Å². The summed E-state index contributed by atoms with van der Waals surface area (Å²) in [4.78, 5) is 0. The molecule has 110 valence electrons. The molecule has 1 aromatic rings. The van der Waals surface area contributed by atoms with Gasteiger partial charge in [0.05, 0.1) is 23.9 Å². The molecule has 0 saturated heterocycles. The van der Waals surface area contributed by atoms with Gasteiger partial charge in [0.25, 0.3) is 0 Å². The molecule has 0 fully saturated rings. The molecule has 0 unspecified atom stereocenters. The highest BCUT2D eigenvalue weighted by molar-refractivity contribution is 5.56. The van der Waals surface area contributed by atoms with Crippen molar-refractivity contribution >= 4 is 5.69 Å². The molecule has 3 nitrogen and oxygen atoms in total. The first-order chi connectivity index (χ1) is 9.77. The fraction of sp³-hybridized carbons (Fsp3) is 0.588. The van der Waals surface area contributed by atoms with Crippen LogP contribution in [0.5, 0.6) is 5.75 Å². The van der Waals surface area contributed by atoms with Crippen molar-refractivity contribution in [3.05, 3.63) is 23.8 Å². The summed E-state index contributed by atoms with van der Waals surface area (Å²) in [5, 5.41) is 8.76. The number of rotatable bonds is 10. The second kappa shape index (κ2) is 10.1. The Balaban J connectivity index is 2.08. The highest BCUT2D eigenvalue weighted by Gasteiger charge is 2.01. The summed E-state index contributed by atoms with van der Waals surface area (Å²) in [5.74, 6) is 0.687. The Kier molecular flexibility index (Phi) is 8.30. The van der Waals surface area contributed by atoms with Crippen LogP contribution in [-0.2, 0) is 0 Å². The second-order valence-corrected chi connectivity index (χ2v) is 5.19. The Bertz CT molecular complexity index is 423. The van der Waals surface area contributed by atoms with Crippen LogP contribution in [0.1, 0.15) is 63.9 Å². The molecule has 0 saturated carbocycles. The summed E-state index contributed by atoms with van der Waals surface area (Å²) in [6, 6.07) is 7.23. The first-order valence-corrected chi connectivity index (χ1v) is 7.70. The van der Waals surface area contributed by atoms with Crippen LogP contribution >= 0.6 is 0 Å². The van der Waals surface area contributed by atoms with Crippen LogP contribution in [0.4, 0.5) is 5.69 Å². The van der Waals surface area contributed by atoms with Gasteiger partial charge >= 0.3 is 0 Å². The molecule has 1 rings (SSSR count). The van der Waals surface area contributed by atoms with E-state index in [1.807, 2.05) is 0 Å². The zero-order valence-electron chi connectivity index (χ0n) is 12.5. The maximum Gasteiger partial charge on any atom is 0.142 e. The number of nitrogens with two attached hydrogens (primary N) is 1. The highest BCUT2D eigenvalue weighted by Crippen LogP contribution is 2.22. The predicted molar refractivity (Wildman–Crippen MR) is 83.7 cm³/mol. The van der Waals surface area contributed by atoms with E-state index in [0.717, 1.165) is 6.42 Å². The van der Waals surface area contributed by atoms with E-state index >= 15 is 0 Å². The van der Waals surface area contributed by atoms with Crippen molar-refractivity contribution in [2.24, 2.45) is 0 Å². The van der Waals surface area contributed by atoms with Crippen LogP contribution in [0.25, 0.3) is 0 Å². The molecule has 0 aliphatic heterocycles. The van der Waals surface area contributed by atoms with Crippen LogP contribution in [0.3, 0.4) is 0 Å². The maximum absolute atomic E-state index is 8.76. The SMILES string of the molecule is CCCCCCCCCCOc1ccc(C#N)cc1N. The normalized spacial score (nSPS) is 10.2. The smallest absolute Gasteiger partial charge is 0.142 e. The van der Waals surface area contributed by atoms with Gasteiger partial charge in [-0.2, -0.15) is 5.26 Å². The maximum atomic E-state index is 8.76. The van der Waals surface area contributed by atoms with Crippen molar-refractivity contribution in [3.63, 3.8) is 0 Å². The summed E-state index contributed by atoms with van der Waals surface area (Å²) in [6.45, 7) is 2.94. The minimum atomic E-state index is 0.545. The lowest BCUT2D eigenvalue weighted by atomic mass is 10.1. The average molecular weight is 274 g/mol. The Hall–Kier alpha value is -1.69. The van der Waals surface area contributed by atoms with Crippen LogP contribution in [0.2, 0.25) is 0 Å². The van der Waals surface area contributed by atoms with Crippen LogP contribution in [-0.4, -0.2) is 6.61 Å². The molecule has 2 N–H and O–H groups in total. The van der Waals surface area contributed by atoms with Crippen molar-refractivity contribution in [1.82, 2.24) is 0 Å². The van der Waals surface area contributed by atoms with E-state index in [1.165, 1.54) is 44.9 Å². The monoisotopic (exact) mass is 274 g/mol. The highest BCUT2D eigenvalue weighted by atomic mass is 16.5. The predicted octanol–water partition coefficient (Wildman–Crippen LogP) is 4.66. The average Bonchev–Trinajstić information content (AvgIpc) is 2.47. The molecule has 0 heterocycles. The van der Waals surface area contributed by atoms with E-state index in [2.05, 4.69) is 13.0 Å². The lowest BCUT2D eigenvalue weighted by Gasteiger charge is -2.08. The number of nitrogen functional groups attached to an aromatic ring is 1. The molecule has 0 spiro atoms. The van der Waals surface area contributed by atoms with Crippen LogP contribution in [0.15, 0.2) is 18.2 Å². The molecule has 0 atom stereocenters.